The van der Waals surface area contributed by atoms with Crippen LogP contribution in [0.3, 0.4) is 0 Å². The van der Waals surface area contributed by atoms with Gasteiger partial charge >= 0.3 is 0 Å². The Morgan fingerprint density at radius 3 is 2.12 bits per heavy atom. The molecule has 0 saturated carbocycles. The van der Waals surface area contributed by atoms with Crippen LogP contribution in [0.25, 0.3) is 5.57 Å². The number of allylic oxidation sites excluding steroid dienone is 5. The fraction of sp³-hybridized carbons (Fsp3) is 0.520. The Balaban J connectivity index is 3.04. The lowest BCUT2D eigenvalue weighted by atomic mass is 9.75. The van der Waals surface area contributed by atoms with Crippen molar-refractivity contribution in [2.24, 2.45) is 11.8 Å². The molecular weight excluding hydrogens is 300 g/mol. The summed E-state index contributed by atoms with van der Waals surface area (Å²) in [6.45, 7) is 20.0. The third-order valence-electron chi connectivity index (χ3n) is 5.50. The van der Waals surface area contributed by atoms with Crippen molar-refractivity contribution in [3.63, 3.8) is 0 Å². The molecule has 2 atom stereocenters. The lowest BCUT2D eigenvalue weighted by Crippen LogP contribution is -2.18. The van der Waals surface area contributed by atoms with Crippen LogP contribution < -0.4 is 0 Å². The van der Waals surface area contributed by atoms with E-state index in [1.807, 2.05) is 0 Å². The third kappa shape index (κ3) is 6.03. The van der Waals surface area contributed by atoms with Gasteiger partial charge in [-0.15, -0.1) is 0 Å². The Bertz CT molecular complexity index is 595. The summed E-state index contributed by atoms with van der Waals surface area (Å²) in [7, 11) is 0. The molecule has 0 aliphatic carbocycles. The number of benzene rings is 1. The van der Waals surface area contributed by atoms with Gasteiger partial charge in [0.15, 0.2) is 0 Å². The first kappa shape index (κ1) is 21.5. The van der Waals surface area contributed by atoms with Gasteiger partial charge in [0.2, 0.25) is 0 Å². The van der Waals surface area contributed by atoms with Crippen LogP contribution in [0.15, 0.2) is 54.1 Å². The van der Waals surface area contributed by atoms with E-state index < -0.39 is 0 Å². The van der Waals surface area contributed by atoms with E-state index in [4.69, 9.17) is 0 Å². The summed E-state index contributed by atoms with van der Waals surface area (Å²) in [6, 6.07) is 9.17. The van der Waals surface area contributed by atoms with E-state index in [9.17, 15) is 0 Å². The van der Waals surface area contributed by atoms with Crippen molar-refractivity contribution in [2.75, 3.05) is 0 Å². The van der Waals surface area contributed by atoms with E-state index in [2.05, 4.69) is 91.5 Å². The van der Waals surface area contributed by atoms with Gasteiger partial charge < -0.3 is 0 Å². The highest BCUT2D eigenvalue weighted by Crippen LogP contribution is 2.36. The second-order valence-electron chi connectivity index (χ2n) is 7.67. The highest BCUT2D eigenvalue weighted by atomic mass is 14.3. The van der Waals surface area contributed by atoms with Crippen LogP contribution in [0.4, 0.5) is 0 Å². The smallest absolute Gasteiger partial charge is 0.0134 e. The highest BCUT2D eigenvalue weighted by molar-refractivity contribution is 5.77. The highest BCUT2D eigenvalue weighted by Gasteiger charge is 2.23. The zero-order chi connectivity index (χ0) is 19.0. The average Bonchev–Trinajstić information content (AvgIpc) is 2.61. The van der Waals surface area contributed by atoms with E-state index >= 15 is 0 Å². The van der Waals surface area contributed by atoms with Crippen LogP contribution in [0, 0.1) is 11.8 Å². The summed E-state index contributed by atoms with van der Waals surface area (Å²) in [5.74, 6) is 2.15. The molecule has 0 radical (unpaired) electrons. The molecule has 1 aromatic carbocycles. The normalized spacial score (nSPS) is 15.4. The number of hydrogen-bond donors (Lipinski definition) is 0. The predicted octanol–water partition coefficient (Wildman–Crippen LogP) is 8.18. The van der Waals surface area contributed by atoms with Gasteiger partial charge in [0.1, 0.15) is 0 Å². The Kier molecular flexibility index (Phi) is 8.97. The van der Waals surface area contributed by atoms with Crippen LogP contribution in [-0.2, 0) is 0 Å². The summed E-state index contributed by atoms with van der Waals surface area (Å²) in [4.78, 5) is 0. The van der Waals surface area contributed by atoms with Gasteiger partial charge in [-0.1, -0.05) is 82.7 Å². The molecule has 0 fully saturated rings. The average molecular weight is 339 g/mol. The summed E-state index contributed by atoms with van der Waals surface area (Å²) >= 11 is 0. The minimum absolute atomic E-state index is 0.657. The zero-order valence-electron chi connectivity index (χ0n) is 17.5. The van der Waals surface area contributed by atoms with E-state index in [0.29, 0.717) is 5.92 Å². The van der Waals surface area contributed by atoms with Crippen molar-refractivity contribution in [3.05, 3.63) is 65.3 Å². The van der Waals surface area contributed by atoms with Gasteiger partial charge in [-0.2, -0.15) is 0 Å². The van der Waals surface area contributed by atoms with Gasteiger partial charge in [0.25, 0.3) is 0 Å². The Labute approximate surface area is 156 Å². The summed E-state index contributed by atoms with van der Waals surface area (Å²) < 4.78 is 0. The van der Waals surface area contributed by atoms with E-state index in [-0.39, 0.29) is 0 Å². The molecule has 0 bridgehead atoms. The lowest BCUT2D eigenvalue weighted by Gasteiger charge is -2.30. The van der Waals surface area contributed by atoms with Crippen LogP contribution in [-0.4, -0.2) is 0 Å². The standard InChI is InChI=1S/C25H38/c1-9-12-25(18(4)5)24(11-3)23-15-13-22(14-16-23)21(8)20(7)17-19(6)10-2/h10,13-18,24-25H,8-9,11-12H2,1-7H3/b19-10-,20-17-. The predicted molar refractivity (Wildman–Crippen MR) is 115 cm³/mol. The zero-order valence-corrected chi connectivity index (χ0v) is 17.5. The molecule has 0 nitrogen and oxygen atoms in total. The molecule has 0 heteroatoms. The molecule has 0 aromatic heterocycles. The van der Waals surface area contributed by atoms with Crippen molar-refractivity contribution >= 4 is 5.57 Å². The van der Waals surface area contributed by atoms with Gasteiger partial charge in [0, 0.05) is 0 Å². The molecule has 0 spiro atoms. The molecule has 0 aliphatic heterocycles. The van der Waals surface area contributed by atoms with Gasteiger partial charge in [0.05, 0.1) is 0 Å². The first-order valence-corrected chi connectivity index (χ1v) is 9.96. The maximum atomic E-state index is 4.30. The third-order valence-corrected chi connectivity index (χ3v) is 5.50. The van der Waals surface area contributed by atoms with Gasteiger partial charge in [-0.3, -0.25) is 0 Å². The Morgan fingerprint density at radius 2 is 1.68 bits per heavy atom. The Morgan fingerprint density at radius 1 is 1.08 bits per heavy atom. The van der Waals surface area contributed by atoms with Crippen molar-refractivity contribution < 1.29 is 0 Å². The maximum absolute atomic E-state index is 4.30. The molecule has 25 heavy (non-hydrogen) atoms. The maximum Gasteiger partial charge on any atom is -0.0134 e. The molecule has 1 aromatic rings. The second kappa shape index (κ2) is 10.4. The Hall–Kier alpha value is -1.56. The summed E-state index contributed by atoms with van der Waals surface area (Å²) in [6.07, 6.45) is 8.13. The van der Waals surface area contributed by atoms with E-state index in [1.165, 1.54) is 41.5 Å². The van der Waals surface area contributed by atoms with Gasteiger partial charge in [-0.25, -0.2) is 0 Å². The van der Waals surface area contributed by atoms with Crippen LogP contribution >= 0.6 is 0 Å². The molecule has 0 amide bonds. The van der Waals surface area contributed by atoms with Crippen LogP contribution in [0.2, 0.25) is 0 Å². The molecule has 0 N–H and O–H groups in total. The first-order chi connectivity index (χ1) is 11.8. The molecule has 0 saturated heterocycles. The molecule has 0 heterocycles. The van der Waals surface area contributed by atoms with Crippen molar-refractivity contribution in [3.8, 4) is 0 Å². The van der Waals surface area contributed by atoms with Crippen molar-refractivity contribution in [1.29, 1.82) is 0 Å². The molecule has 0 aliphatic rings. The van der Waals surface area contributed by atoms with Crippen molar-refractivity contribution in [1.82, 2.24) is 0 Å². The minimum atomic E-state index is 0.657. The van der Waals surface area contributed by atoms with Crippen molar-refractivity contribution in [2.45, 2.75) is 73.6 Å². The van der Waals surface area contributed by atoms with E-state index in [0.717, 1.165) is 17.4 Å². The summed E-state index contributed by atoms with van der Waals surface area (Å²) in [5, 5.41) is 0. The van der Waals surface area contributed by atoms with Gasteiger partial charge in [-0.05, 0) is 73.6 Å². The fourth-order valence-corrected chi connectivity index (χ4v) is 3.79. The topological polar surface area (TPSA) is 0 Å². The first-order valence-electron chi connectivity index (χ1n) is 9.96. The number of hydrogen-bond acceptors (Lipinski definition) is 0. The monoisotopic (exact) mass is 338 g/mol. The second-order valence-corrected chi connectivity index (χ2v) is 7.67. The van der Waals surface area contributed by atoms with E-state index in [1.54, 1.807) is 0 Å². The largest absolute Gasteiger partial charge is 0.0909 e. The van der Waals surface area contributed by atoms with Crippen LogP contribution in [0.5, 0.6) is 0 Å². The quantitative estimate of drug-likeness (QED) is 0.398. The summed E-state index contributed by atoms with van der Waals surface area (Å²) in [5.41, 5.74) is 6.35. The molecule has 1 rings (SSSR count). The fourth-order valence-electron chi connectivity index (χ4n) is 3.79. The lowest BCUT2D eigenvalue weighted by molar-refractivity contribution is 0.289. The molecular formula is C25H38. The van der Waals surface area contributed by atoms with Crippen LogP contribution in [0.1, 0.15) is 84.8 Å². The molecule has 2 unspecified atom stereocenters. The SMILES string of the molecule is C=C(/C(C)=C\C(C)=C/C)c1ccc(C(CC)C(CCC)C(C)C)cc1. The molecule has 138 valence electrons. The minimum Gasteiger partial charge on any atom is -0.0909 e. The number of rotatable bonds is 9.